The average Bonchev–Trinajstić information content (AvgIpc) is 2.58. The van der Waals surface area contributed by atoms with Crippen LogP contribution in [-0.2, 0) is 6.54 Å². The van der Waals surface area contributed by atoms with Gasteiger partial charge in [-0.25, -0.2) is 0 Å². The van der Waals surface area contributed by atoms with Crippen LogP contribution in [0.25, 0.3) is 0 Å². The summed E-state index contributed by atoms with van der Waals surface area (Å²) >= 11 is 0. The molecule has 110 valence electrons. The summed E-state index contributed by atoms with van der Waals surface area (Å²) in [6.07, 6.45) is 8.70. The van der Waals surface area contributed by atoms with Crippen LogP contribution in [0.4, 0.5) is 0 Å². The average molecular weight is 280 g/mol. The Morgan fingerprint density at radius 2 is 1.71 bits per heavy atom. The molecule has 2 nitrogen and oxygen atoms in total. The van der Waals surface area contributed by atoms with E-state index >= 15 is 0 Å². The summed E-state index contributed by atoms with van der Waals surface area (Å²) in [5.41, 5.74) is 2.54. The summed E-state index contributed by atoms with van der Waals surface area (Å²) in [6, 6.07) is 17.5. The van der Waals surface area contributed by atoms with Crippen LogP contribution in [0.5, 0.6) is 0 Å². The van der Waals surface area contributed by atoms with Crippen LogP contribution in [0.2, 0.25) is 0 Å². The van der Waals surface area contributed by atoms with Gasteiger partial charge in [0.2, 0.25) is 0 Å². The molecule has 1 unspecified atom stereocenters. The van der Waals surface area contributed by atoms with E-state index in [1.54, 1.807) is 0 Å². The Morgan fingerprint density at radius 1 is 0.952 bits per heavy atom. The Kier molecular flexibility index (Phi) is 5.01. The largest absolute Gasteiger partial charge is 0.304 e. The van der Waals surface area contributed by atoms with Crippen molar-refractivity contribution in [2.24, 2.45) is 5.92 Å². The topological polar surface area (TPSA) is 24.9 Å². The van der Waals surface area contributed by atoms with Gasteiger partial charge >= 0.3 is 0 Å². The molecule has 1 aromatic heterocycles. The highest BCUT2D eigenvalue weighted by Gasteiger charge is 2.24. The van der Waals surface area contributed by atoms with Gasteiger partial charge in [-0.1, -0.05) is 55.7 Å². The van der Waals surface area contributed by atoms with E-state index in [1.807, 2.05) is 12.3 Å². The number of hydrogen-bond acceptors (Lipinski definition) is 2. The Balaban J connectivity index is 1.72. The molecule has 2 heteroatoms. The summed E-state index contributed by atoms with van der Waals surface area (Å²) in [4.78, 5) is 4.43. The van der Waals surface area contributed by atoms with Crippen molar-refractivity contribution in [3.8, 4) is 0 Å². The lowest BCUT2D eigenvalue weighted by molar-refractivity contribution is 0.269. The molecule has 1 fully saturated rings. The molecule has 1 aromatic carbocycles. The SMILES string of the molecule is c1ccc(C(NCc2ccccn2)C2CCCCC2)cc1. The fourth-order valence-electron chi connectivity index (χ4n) is 3.40. The zero-order valence-electron chi connectivity index (χ0n) is 12.5. The second-order valence-corrected chi connectivity index (χ2v) is 5.99. The van der Waals surface area contributed by atoms with E-state index in [2.05, 4.69) is 52.8 Å². The Labute approximate surface area is 127 Å². The third kappa shape index (κ3) is 3.92. The number of pyridine rings is 1. The van der Waals surface area contributed by atoms with Gasteiger partial charge in [-0.15, -0.1) is 0 Å². The van der Waals surface area contributed by atoms with Crippen LogP contribution < -0.4 is 5.32 Å². The number of benzene rings is 1. The third-order valence-corrected chi connectivity index (χ3v) is 4.51. The van der Waals surface area contributed by atoms with E-state index in [0.29, 0.717) is 6.04 Å². The second kappa shape index (κ2) is 7.37. The minimum absolute atomic E-state index is 0.452. The molecule has 1 N–H and O–H groups in total. The maximum atomic E-state index is 4.43. The van der Waals surface area contributed by atoms with Gasteiger partial charge in [-0.05, 0) is 36.5 Å². The predicted molar refractivity (Wildman–Crippen MR) is 86.8 cm³/mol. The fourth-order valence-corrected chi connectivity index (χ4v) is 3.40. The van der Waals surface area contributed by atoms with Crippen molar-refractivity contribution in [2.45, 2.75) is 44.7 Å². The molecule has 1 atom stereocenters. The maximum Gasteiger partial charge on any atom is 0.0541 e. The fraction of sp³-hybridized carbons (Fsp3) is 0.421. The number of aromatic nitrogens is 1. The first-order valence-corrected chi connectivity index (χ1v) is 8.12. The van der Waals surface area contributed by atoms with E-state index in [0.717, 1.165) is 18.2 Å². The summed E-state index contributed by atoms with van der Waals surface area (Å²) in [6.45, 7) is 0.844. The zero-order chi connectivity index (χ0) is 14.3. The lowest BCUT2D eigenvalue weighted by Gasteiger charge is -2.31. The van der Waals surface area contributed by atoms with Gasteiger partial charge in [0.1, 0.15) is 0 Å². The predicted octanol–water partition coefficient (Wildman–Crippen LogP) is 4.49. The van der Waals surface area contributed by atoms with Crippen LogP contribution in [0.3, 0.4) is 0 Å². The molecule has 0 radical (unpaired) electrons. The van der Waals surface area contributed by atoms with E-state index in [1.165, 1.54) is 37.7 Å². The second-order valence-electron chi connectivity index (χ2n) is 5.99. The summed E-state index contributed by atoms with van der Waals surface area (Å²) in [7, 11) is 0. The Morgan fingerprint density at radius 3 is 2.43 bits per heavy atom. The molecule has 1 aliphatic carbocycles. The van der Waals surface area contributed by atoms with Crippen molar-refractivity contribution in [3.05, 3.63) is 66.0 Å². The van der Waals surface area contributed by atoms with Gasteiger partial charge in [-0.3, -0.25) is 4.98 Å². The summed E-state index contributed by atoms with van der Waals surface area (Å²) in [5.74, 6) is 0.755. The molecule has 2 aromatic rings. The molecular weight excluding hydrogens is 256 g/mol. The van der Waals surface area contributed by atoms with Crippen LogP contribution in [0.1, 0.15) is 49.4 Å². The van der Waals surface area contributed by atoms with Gasteiger partial charge in [0, 0.05) is 18.8 Å². The van der Waals surface area contributed by atoms with Gasteiger partial charge in [-0.2, -0.15) is 0 Å². The number of nitrogens with one attached hydrogen (secondary N) is 1. The summed E-state index contributed by atoms with van der Waals surface area (Å²) < 4.78 is 0. The number of hydrogen-bond donors (Lipinski definition) is 1. The zero-order valence-corrected chi connectivity index (χ0v) is 12.5. The first-order valence-electron chi connectivity index (χ1n) is 8.12. The van der Waals surface area contributed by atoms with E-state index in [-0.39, 0.29) is 0 Å². The molecule has 3 rings (SSSR count). The van der Waals surface area contributed by atoms with E-state index < -0.39 is 0 Å². The Hall–Kier alpha value is -1.67. The van der Waals surface area contributed by atoms with Crippen LogP contribution in [0, 0.1) is 5.92 Å². The standard InChI is InChI=1S/C19H24N2/c1-3-9-16(10-4-1)19(17-11-5-2-6-12-17)21-15-18-13-7-8-14-20-18/h1,3-4,7-10,13-14,17,19,21H,2,5-6,11-12,15H2. The monoisotopic (exact) mass is 280 g/mol. The van der Waals surface area contributed by atoms with Gasteiger partial charge in [0.05, 0.1) is 5.69 Å². The van der Waals surface area contributed by atoms with Gasteiger partial charge < -0.3 is 5.32 Å². The molecule has 1 saturated carbocycles. The van der Waals surface area contributed by atoms with E-state index in [4.69, 9.17) is 0 Å². The quantitative estimate of drug-likeness (QED) is 0.872. The van der Waals surface area contributed by atoms with Crippen molar-refractivity contribution in [2.75, 3.05) is 0 Å². The van der Waals surface area contributed by atoms with Crippen molar-refractivity contribution < 1.29 is 0 Å². The minimum Gasteiger partial charge on any atom is -0.304 e. The maximum absolute atomic E-state index is 4.43. The first kappa shape index (κ1) is 14.3. The lowest BCUT2D eigenvalue weighted by Crippen LogP contribution is -2.29. The molecule has 21 heavy (non-hydrogen) atoms. The van der Waals surface area contributed by atoms with Crippen LogP contribution >= 0.6 is 0 Å². The van der Waals surface area contributed by atoms with E-state index in [9.17, 15) is 0 Å². The molecule has 1 aliphatic rings. The molecule has 0 saturated heterocycles. The third-order valence-electron chi connectivity index (χ3n) is 4.51. The number of nitrogens with zero attached hydrogens (tertiary/aromatic N) is 1. The number of rotatable bonds is 5. The molecule has 0 amide bonds. The van der Waals surface area contributed by atoms with Crippen molar-refractivity contribution in [1.82, 2.24) is 10.3 Å². The highest BCUT2D eigenvalue weighted by atomic mass is 14.9. The highest BCUT2D eigenvalue weighted by molar-refractivity contribution is 5.20. The summed E-state index contributed by atoms with van der Waals surface area (Å²) in [5, 5.41) is 3.76. The minimum atomic E-state index is 0.452. The van der Waals surface area contributed by atoms with Crippen molar-refractivity contribution >= 4 is 0 Å². The van der Waals surface area contributed by atoms with Crippen molar-refractivity contribution in [3.63, 3.8) is 0 Å². The van der Waals surface area contributed by atoms with Gasteiger partial charge in [0.25, 0.3) is 0 Å². The van der Waals surface area contributed by atoms with Crippen LogP contribution in [0.15, 0.2) is 54.7 Å². The molecule has 1 heterocycles. The first-order chi connectivity index (χ1) is 10.4. The highest BCUT2D eigenvalue weighted by Crippen LogP contribution is 2.34. The lowest BCUT2D eigenvalue weighted by atomic mass is 9.81. The molecule has 0 spiro atoms. The smallest absolute Gasteiger partial charge is 0.0541 e. The molecular formula is C19H24N2. The normalized spacial score (nSPS) is 17.5. The Bertz CT molecular complexity index is 518. The molecule has 0 aliphatic heterocycles. The van der Waals surface area contributed by atoms with Crippen molar-refractivity contribution in [1.29, 1.82) is 0 Å². The van der Waals surface area contributed by atoms with Gasteiger partial charge in [0.15, 0.2) is 0 Å². The van der Waals surface area contributed by atoms with Crippen LogP contribution in [-0.4, -0.2) is 4.98 Å². The molecule has 0 bridgehead atoms.